The standard InChI is InChI=1S/C20H25N3O2/c1-20(2,3)19-16(14-21-22-19)6-9-18(24)15-4-7-17(8-5-15)23-10-12-25-13-11-23/h4-9,14H,10-13H2,1-3H3,(H,21,22). The molecule has 1 aliphatic rings. The van der Waals surface area contributed by atoms with E-state index in [9.17, 15) is 4.79 Å². The van der Waals surface area contributed by atoms with Crippen molar-refractivity contribution in [2.24, 2.45) is 0 Å². The second kappa shape index (κ2) is 7.23. The van der Waals surface area contributed by atoms with Crippen molar-refractivity contribution in [1.82, 2.24) is 10.2 Å². The van der Waals surface area contributed by atoms with Crippen LogP contribution in [0.15, 0.2) is 36.5 Å². The van der Waals surface area contributed by atoms with Crippen LogP contribution in [0.4, 0.5) is 5.69 Å². The monoisotopic (exact) mass is 339 g/mol. The van der Waals surface area contributed by atoms with Gasteiger partial charge in [0.15, 0.2) is 5.78 Å². The van der Waals surface area contributed by atoms with Crippen molar-refractivity contribution in [3.05, 3.63) is 53.4 Å². The fraction of sp³-hybridized carbons (Fsp3) is 0.400. The Hall–Kier alpha value is -2.40. The van der Waals surface area contributed by atoms with Crippen LogP contribution in [-0.2, 0) is 10.2 Å². The molecule has 2 aromatic rings. The Morgan fingerprint density at radius 2 is 1.88 bits per heavy atom. The van der Waals surface area contributed by atoms with Gasteiger partial charge in [-0.1, -0.05) is 20.8 Å². The lowest BCUT2D eigenvalue weighted by atomic mass is 9.89. The lowest BCUT2D eigenvalue weighted by molar-refractivity contribution is 0.104. The van der Waals surface area contributed by atoms with Crippen LogP contribution < -0.4 is 4.90 Å². The maximum absolute atomic E-state index is 12.4. The third kappa shape index (κ3) is 4.17. The summed E-state index contributed by atoms with van der Waals surface area (Å²) < 4.78 is 5.37. The van der Waals surface area contributed by atoms with Gasteiger partial charge in [-0.2, -0.15) is 5.10 Å². The van der Waals surface area contributed by atoms with Gasteiger partial charge in [-0.15, -0.1) is 0 Å². The molecule has 0 amide bonds. The van der Waals surface area contributed by atoms with Gasteiger partial charge in [-0.25, -0.2) is 0 Å². The number of carbonyl (C=O) groups is 1. The molecule has 1 aromatic carbocycles. The van der Waals surface area contributed by atoms with Gasteiger partial charge in [0.05, 0.1) is 19.4 Å². The first kappa shape index (κ1) is 17.4. The molecule has 132 valence electrons. The number of hydrogen-bond donors (Lipinski definition) is 1. The highest BCUT2D eigenvalue weighted by atomic mass is 16.5. The highest BCUT2D eigenvalue weighted by Gasteiger charge is 2.19. The van der Waals surface area contributed by atoms with Crippen LogP contribution in [0.2, 0.25) is 0 Å². The van der Waals surface area contributed by atoms with E-state index < -0.39 is 0 Å². The van der Waals surface area contributed by atoms with Gasteiger partial charge in [0.25, 0.3) is 0 Å². The van der Waals surface area contributed by atoms with Crippen molar-refractivity contribution < 1.29 is 9.53 Å². The van der Waals surface area contributed by atoms with Crippen LogP contribution in [0.1, 0.15) is 42.4 Å². The number of hydrogen-bond acceptors (Lipinski definition) is 4. The molecule has 0 radical (unpaired) electrons. The lowest BCUT2D eigenvalue weighted by Gasteiger charge is -2.28. The van der Waals surface area contributed by atoms with Gasteiger partial charge in [-0.05, 0) is 36.4 Å². The molecule has 0 aliphatic carbocycles. The van der Waals surface area contributed by atoms with Crippen LogP contribution in [0, 0.1) is 0 Å². The molecule has 0 atom stereocenters. The molecule has 1 fully saturated rings. The van der Waals surface area contributed by atoms with Gasteiger partial charge in [0.2, 0.25) is 0 Å². The highest BCUT2D eigenvalue weighted by molar-refractivity contribution is 6.07. The smallest absolute Gasteiger partial charge is 0.185 e. The van der Waals surface area contributed by atoms with Gasteiger partial charge in [0.1, 0.15) is 0 Å². The summed E-state index contributed by atoms with van der Waals surface area (Å²) in [4.78, 5) is 14.7. The van der Waals surface area contributed by atoms with Crippen molar-refractivity contribution in [3.63, 3.8) is 0 Å². The Kier molecular flexibility index (Phi) is 5.04. The van der Waals surface area contributed by atoms with Crippen LogP contribution in [0.25, 0.3) is 6.08 Å². The number of rotatable bonds is 4. The fourth-order valence-corrected chi connectivity index (χ4v) is 2.94. The van der Waals surface area contributed by atoms with E-state index in [0.717, 1.165) is 43.2 Å². The minimum Gasteiger partial charge on any atom is -0.378 e. The molecule has 5 nitrogen and oxygen atoms in total. The van der Waals surface area contributed by atoms with E-state index in [0.29, 0.717) is 5.56 Å². The lowest BCUT2D eigenvalue weighted by Crippen LogP contribution is -2.36. The van der Waals surface area contributed by atoms with Crippen molar-refractivity contribution in [1.29, 1.82) is 0 Å². The first-order valence-electron chi connectivity index (χ1n) is 8.64. The summed E-state index contributed by atoms with van der Waals surface area (Å²) in [5.74, 6) is -0.00501. The number of ether oxygens (including phenoxy) is 1. The summed E-state index contributed by atoms with van der Waals surface area (Å²) in [5.41, 5.74) is 3.76. The molecular weight excluding hydrogens is 314 g/mol. The third-order valence-electron chi connectivity index (χ3n) is 4.36. The molecule has 0 unspecified atom stereocenters. The normalized spacial score (nSPS) is 15.7. The summed E-state index contributed by atoms with van der Waals surface area (Å²) >= 11 is 0. The van der Waals surface area contributed by atoms with Crippen LogP contribution in [-0.4, -0.2) is 42.3 Å². The zero-order chi connectivity index (χ0) is 17.9. The number of nitrogens with one attached hydrogen (secondary N) is 1. The number of morpholine rings is 1. The molecule has 2 heterocycles. The summed E-state index contributed by atoms with van der Waals surface area (Å²) in [6, 6.07) is 7.78. The predicted octanol–water partition coefficient (Wildman–Crippen LogP) is 3.44. The van der Waals surface area contributed by atoms with Crippen LogP contribution in [0.5, 0.6) is 0 Å². The number of allylic oxidation sites excluding steroid dienone is 1. The first-order chi connectivity index (χ1) is 11.9. The maximum atomic E-state index is 12.4. The molecule has 5 heteroatoms. The minimum atomic E-state index is -0.0426. The van der Waals surface area contributed by atoms with Crippen LogP contribution >= 0.6 is 0 Å². The third-order valence-corrected chi connectivity index (χ3v) is 4.36. The number of benzene rings is 1. The number of ketones is 1. The molecule has 0 bridgehead atoms. The SMILES string of the molecule is CC(C)(C)c1[nH]ncc1C=CC(=O)c1ccc(N2CCOCC2)cc1. The molecule has 1 aromatic heterocycles. The minimum absolute atomic E-state index is 0.00501. The topological polar surface area (TPSA) is 58.2 Å². The van der Waals surface area contributed by atoms with E-state index in [1.165, 1.54) is 0 Å². The number of aromatic amines is 1. The number of H-pyrrole nitrogens is 1. The fourth-order valence-electron chi connectivity index (χ4n) is 2.94. The summed E-state index contributed by atoms with van der Waals surface area (Å²) in [6.45, 7) is 9.64. The van der Waals surface area contributed by atoms with E-state index in [1.54, 1.807) is 12.3 Å². The van der Waals surface area contributed by atoms with Crippen molar-refractivity contribution in [3.8, 4) is 0 Å². The highest BCUT2D eigenvalue weighted by Crippen LogP contribution is 2.24. The second-order valence-corrected chi connectivity index (χ2v) is 7.29. The average molecular weight is 339 g/mol. The maximum Gasteiger partial charge on any atom is 0.185 e. The number of anilines is 1. The van der Waals surface area contributed by atoms with Crippen LogP contribution in [0.3, 0.4) is 0 Å². The van der Waals surface area contributed by atoms with E-state index >= 15 is 0 Å². The largest absolute Gasteiger partial charge is 0.378 e. The predicted molar refractivity (Wildman–Crippen MR) is 100 cm³/mol. The Bertz CT molecular complexity index is 748. The number of carbonyl (C=O) groups excluding carboxylic acids is 1. The van der Waals surface area contributed by atoms with Gasteiger partial charge < -0.3 is 9.64 Å². The number of aromatic nitrogens is 2. The molecule has 1 saturated heterocycles. The first-order valence-corrected chi connectivity index (χ1v) is 8.64. The zero-order valence-electron chi connectivity index (χ0n) is 15.1. The Labute approximate surface area is 148 Å². The van der Waals surface area contributed by atoms with Crippen molar-refractivity contribution in [2.75, 3.05) is 31.2 Å². The Morgan fingerprint density at radius 3 is 2.52 bits per heavy atom. The molecule has 0 spiro atoms. The Morgan fingerprint density at radius 1 is 1.20 bits per heavy atom. The van der Waals surface area contributed by atoms with Crippen molar-refractivity contribution in [2.45, 2.75) is 26.2 Å². The molecule has 3 rings (SSSR count). The molecule has 0 saturated carbocycles. The van der Waals surface area contributed by atoms with E-state index in [1.807, 2.05) is 30.3 Å². The quantitative estimate of drug-likeness (QED) is 0.685. The Balaban J connectivity index is 1.70. The average Bonchev–Trinajstić information content (AvgIpc) is 3.10. The van der Waals surface area contributed by atoms with E-state index in [2.05, 4.69) is 35.9 Å². The van der Waals surface area contributed by atoms with Crippen molar-refractivity contribution >= 4 is 17.5 Å². The summed E-state index contributed by atoms with van der Waals surface area (Å²) in [7, 11) is 0. The van der Waals surface area contributed by atoms with Gasteiger partial charge >= 0.3 is 0 Å². The molecular formula is C20H25N3O2. The summed E-state index contributed by atoms with van der Waals surface area (Å²) in [5, 5.41) is 7.12. The van der Waals surface area contributed by atoms with Gasteiger partial charge in [-0.3, -0.25) is 9.89 Å². The molecule has 1 N–H and O–H groups in total. The van der Waals surface area contributed by atoms with E-state index in [-0.39, 0.29) is 11.2 Å². The molecule has 1 aliphatic heterocycles. The zero-order valence-corrected chi connectivity index (χ0v) is 15.1. The second-order valence-electron chi connectivity index (χ2n) is 7.29. The molecule has 25 heavy (non-hydrogen) atoms. The number of nitrogens with zero attached hydrogens (tertiary/aromatic N) is 2. The summed E-state index contributed by atoms with van der Waals surface area (Å²) in [6.07, 6.45) is 5.21. The van der Waals surface area contributed by atoms with Gasteiger partial charge in [0, 0.05) is 41.0 Å². The van der Waals surface area contributed by atoms with E-state index in [4.69, 9.17) is 4.74 Å².